The summed E-state index contributed by atoms with van der Waals surface area (Å²) in [4.78, 5) is 17.7. The van der Waals surface area contributed by atoms with Crippen molar-refractivity contribution in [3.63, 3.8) is 0 Å². The molecule has 2 rings (SSSR count). The van der Waals surface area contributed by atoms with Crippen LogP contribution >= 0.6 is 24.0 Å². The van der Waals surface area contributed by atoms with Gasteiger partial charge < -0.3 is 16.0 Å². The third kappa shape index (κ3) is 4.69. The molecule has 1 aromatic heterocycles. The van der Waals surface area contributed by atoms with E-state index in [0.717, 1.165) is 0 Å². The lowest BCUT2D eigenvalue weighted by atomic mass is 10.4. The molecule has 0 bridgehead atoms. The first-order valence-corrected chi connectivity index (χ1v) is 5.99. The molecular weight excluding hydrogens is 359 g/mol. The summed E-state index contributed by atoms with van der Waals surface area (Å²) in [6, 6.07) is 2.17. The van der Waals surface area contributed by atoms with Crippen molar-refractivity contribution >= 4 is 35.8 Å². The van der Waals surface area contributed by atoms with Crippen LogP contribution in [0.25, 0.3) is 0 Å². The molecule has 106 valence electrons. The first kappa shape index (κ1) is 15.7. The van der Waals surface area contributed by atoms with E-state index in [9.17, 15) is 4.79 Å². The van der Waals surface area contributed by atoms with Crippen LogP contribution < -0.4 is 11.1 Å². The van der Waals surface area contributed by atoms with Gasteiger partial charge in [-0.1, -0.05) is 0 Å². The number of hydrogen-bond donors (Lipinski definition) is 3. The molecule has 0 spiro atoms. The highest BCUT2D eigenvalue weighted by Crippen LogP contribution is 2.24. The van der Waals surface area contributed by atoms with Crippen LogP contribution in [-0.4, -0.2) is 53.1 Å². The second-order valence-electron chi connectivity index (χ2n) is 4.31. The lowest BCUT2D eigenvalue weighted by Crippen LogP contribution is -2.36. The van der Waals surface area contributed by atoms with Crippen LogP contribution in [0.15, 0.2) is 17.3 Å². The van der Waals surface area contributed by atoms with Crippen LogP contribution in [0.3, 0.4) is 0 Å². The van der Waals surface area contributed by atoms with Crippen molar-refractivity contribution in [3.8, 4) is 0 Å². The highest BCUT2D eigenvalue weighted by Gasteiger charge is 2.27. The Morgan fingerprint density at radius 1 is 1.68 bits per heavy atom. The number of nitrogens with one attached hydrogen (secondary N) is 2. The van der Waals surface area contributed by atoms with Crippen LogP contribution in [0.2, 0.25) is 0 Å². The number of rotatable bonds is 5. The standard InChI is InChI=1S/C11H18N6O.HI/c1-17(8-2-3-8)11(12)14-7-6-13-10(18)9-4-5-15-16-9;/h4-5,8H,2-3,6-7H2,1H3,(H2,12,14)(H,13,18)(H,15,16);1H. The monoisotopic (exact) mass is 378 g/mol. The van der Waals surface area contributed by atoms with Crippen molar-refractivity contribution in [1.29, 1.82) is 0 Å². The maximum atomic E-state index is 11.5. The second-order valence-corrected chi connectivity index (χ2v) is 4.31. The molecule has 1 heterocycles. The third-order valence-corrected chi connectivity index (χ3v) is 2.87. The van der Waals surface area contributed by atoms with E-state index in [-0.39, 0.29) is 29.9 Å². The Balaban J connectivity index is 0.00000180. The largest absolute Gasteiger partial charge is 0.370 e. The van der Waals surface area contributed by atoms with Gasteiger partial charge in [-0.3, -0.25) is 14.9 Å². The molecule has 1 fully saturated rings. The summed E-state index contributed by atoms with van der Waals surface area (Å²) in [6.07, 6.45) is 3.90. The number of H-pyrrole nitrogens is 1. The summed E-state index contributed by atoms with van der Waals surface area (Å²) < 4.78 is 0. The summed E-state index contributed by atoms with van der Waals surface area (Å²) >= 11 is 0. The zero-order valence-corrected chi connectivity index (χ0v) is 13.1. The topological polar surface area (TPSA) is 99.4 Å². The van der Waals surface area contributed by atoms with Gasteiger partial charge >= 0.3 is 0 Å². The van der Waals surface area contributed by atoms with E-state index in [2.05, 4.69) is 20.5 Å². The molecule has 1 aliphatic rings. The van der Waals surface area contributed by atoms with Gasteiger partial charge in [-0.25, -0.2) is 0 Å². The van der Waals surface area contributed by atoms with E-state index in [1.165, 1.54) is 19.0 Å². The number of aliphatic imine (C=N–C) groups is 1. The minimum absolute atomic E-state index is 0. The number of nitrogens with zero attached hydrogens (tertiary/aromatic N) is 3. The van der Waals surface area contributed by atoms with Crippen molar-refractivity contribution in [2.45, 2.75) is 18.9 Å². The summed E-state index contributed by atoms with van der Waals surface area (Å²) in [6.45, 7) is 0.930. The van der Waals surface area contributed by atoms with Crippen molar-refractivity contribution < 1.29 is 4.79 Å². The highest BCUT2D eigenvalue weighted by molar-refractivity contribution is 14.0. The number of guanidine groups is 1. The molecule has 0 saturated heterocycles. The molecule has 0 radical (unpaired) electrons. The Bertz CT molecular complexity index is 428. The molecule has 1 aromatic rings. The molecule has 7 nitrogen and oxygen atoms in total. The highest BCUT2D eigenvalue weighted by atomic mass is 127. The molecule has 1 amide bonds. The second kappa shape index (κ2) is 7.31. The van der Waals surface area contributed by atoms with Gasteiger partial charge in [0.25, 0.3) is 5.91 Å². The molecule has 1 aliphatic carbocycles. The van der Waals surface area contributed by atoms with Gasteiger partial charge in [0.2, 0.25) is 0 Å². The van der Waals surface area contributed by atoms with Crippen LogP contribution in [0.1, 0.15) is 23.3 Å². The molecule has 8 heteroatoms. The predicted molar refractivity (Wildman–Crippen MR) is 83.6 cm³/mol. The van der Waals surface area contributed by atoms with Gasteiger partial charge in [0.15, 0.2) is 5.96 Å². The van der Waals surface area contributed by atoms with Crippen LogP contribution in [0.5, 0.6) is 0 Å². The summed E-state index contributed by atoms with van der Waals surface area (Å²) in [5.74, 6) is 0.352. The smallest absolute Gasteiger partial charge is 0.269 e. The van der Waals surface area contributed by atoms with E-state index in [1.807, 2.05) is 11.9 Å². The fourth-order valence-corrected chi connectivity index (χ4v) is 1.58. The Morgan fingerprint density at radius 2 is 2.42 bits per heavy atom. The van der Waals surface area contributed by atoms with Gasteiger partial charge in [-0.2, -0.15) is 5.10 Å². The minimum atomic E-state index is -0.184. The first-order valence-electron chi connectivity index (χ1n) is 5.99. The average molecular weight is 378 g/mol. The lowest BCUT2D eigenvalue weighted by molar-refractivity contribution is 0.0950. The number of carbonyl (C=O) groups excluding carboxylic acids is 1. The van der Waals surface area contributed by atoms with E-state index < -0.39 is 0 Å². The van der Waals surface area contributed by atoms with E-state index in [4.69, 9.17) is 5.73 Å². The average Bonchev–Trinajstić information content (AvgIpc) is 3.07. The summed E-state index contributed by atoms with van der Waals surface area (Å²) in [5.41, 5.74) is 6.26. The Morgan fingerprint density at radius 3 is 3.00 bits per heavy atom. The number of aromatic nitrogens is 2. The zero-order valence-electron chi connectivity index (χ0n) is 10.8. The summed E-state index contributed by atoms with van der Waals surface area (Å²) in [7, 11) is 1.94. The van der Waals surface area contributed by atoms with Crippen LogP contribution in [0.4, 0.5) is 0 Å². The molecule has 0 atom stereocenters. The normalized spacial score (nSPS) is 14.7. The maximum absolute atomic E-state index is 11.5. The molecule has 4 N–H and O–H groups in total. The van der Waals surface area contributed by atoms with Gasteiger partial charge in [-0.05, 0) is 18.9 Å². The fourth-order valence-electron chi connectivity index (χ4n) is 1.58. The third-order valence-electron chi connectivity index (χ3n) is 2.87. The summed E-state index contributed by atoms with van der Waals surface area (Å²) in [5, 5.41) is 9.04. The molecule has 0 aliphatic heterocycles. The van der Waals surface area contributed by atoms with E-state index in [0.29, 0.717) is 30.8 Å². The van der Waals surface area contributed by atoms with Crippen molar-refractivity contribution in [1.82, 2.24) is 20.4 Å². The van der Waals surface area contributed by atoms with Gasteiger partial charge in [0, 0.05) is 25.8 Å². The predicted octanol–water partition coefficient (Wildman–Crippen LogP) is 0.166. The zero-order chi connectivity index (χ0) is 13.0. The Labute approximate surface area is 129 Å². The number of hydrogen-bond acceptors (Lipinski definition) is 3. The number of amides is 1. The number of aromatic amines is 1. The number of nitrogens with two attached hydrogens (primary N) is 1. The fraction of sp³-hybridized carbons (Fsp3) is 0.545. The molecule has 1 saturated carbocycles. The van der Waals surface area contributed by atoms with Crippen molar-refractivity contribution in [2.24, 2.45) is 10.7 Å². The first-order chi connectivity index (χ1) is 8.68. The maximum Gasteiger partial charge on any atom is 0.269 e. The van der Waals surface area contributed by atoms with Gasteiger partial charge in [0.05, 0.1) is 6.54 Å². The molecule has 0 unspecified atom stereocenters. The van der Waals surface area contributed by atoms with Gasteiger partial charge in [-0.15, -0.1) is 24.0 Å². The van der Waals surface area contributed by atoms with E-state index >= 15 is 0 Å². The van der Waals surface area contributed by atoms with Crippen LogP contribution in [-0.2, 0) is 0 Å². The Kier molecular flexibility index (Phi) is 6.06. The van der Waals surface area contributed by atoms with Gasteiger partial charge in [0.1, 0.15) is 5.69 Å². The quantitative estimate of drug-likeness (QED) is 0.294. The molecular formula is C11H19IN6O. The lowest BCUT2D eigenvalue weighted by Gasteiger charge is -2.16. The van der Waals surface area contributed by atoms with Crippen molar-refractivity contribution in [3.05, 3.63) is 18.0 Å². The molecule has 0 aromatic carbocycles. The molecule has 19 heavy (non-hydrogen) atoms. The van der Waals surface area contributed by atoms with Crippen LogP contribution in [0, 0.1) is 0 Å². The number of halogens is 1. The van der Waals surface area contributed by atoms with Crippen molar-refractivity contribution in [2.75, 3.05) is 20.1 Å². The van der Waals surface area contributed by atoms with E-state index in [1.54, 1.807) is 6.07 Å². The minimum Gasteiger partial charge on any atom is -0.370 e. The Hall–Kier alpha value is -1.32. The number of carbonyl (C=O) groups is 1. The SMILES string of the molecule is CN(C(N)=NCCNC(=O)c1ccn[nH]1)C1CC1.I.